The molecule has 1 saturated heterocycles. The first kappa shape index (κ1) is 14.4. The van der Waals surface area contributed by atoms with Gasteiger partial charge in [-0.05, 0) is 45.2 Å². The molecule has 1 unspecified atom stereocenters. The molecule has 0 amide bonds. The highest BCUT2D eigenvalue weighted by Crippen LogP contribution is 2.27. The molecule has 2 rings (SSSR count). The average Bonchev–Trinajstić information content (AvgIpc) is 2.39. The molecular weight excluding hydrogens is 238 g/mol. The second-order valence-electron chi connectivity index (χ2n) is 5.51. The third kappa shape index (κ3) is 3.31. The fraction of sp³-hybridized carbons (Fsp3) is 0.733. The van der Waals surface area contributed by atoms with Crippen LogP contribution in [0.1, 0.15) is 54.4 Å². The monoisotopic (exact) mass is 263 g/mol. The molecule has 0 aliphatic carbocycles. The molecule has 0 bridgehead atoms. The lowest BCUT2D eigenvalue weighted by molar-refractivity contribution is 0.0835. The molecule has 1 atom stereocenters. The van der Waals surface area contributed by atoms with Crippen LogP contribution in [0.5, 0.6) is 0 Å². The van der Waals surface area contributed by atoms with Crippen molar-refractivity contribution < 1.29 is 4.74 Å². The van der Waals surface area contributed by atoms with E-state index >= 15 is 0 Å². The third-order valence-corrected chi connectivity index (χ3v) is 3.93. The van der Waals surface area contributed by atoms with Crippen molar-refractivity contribution in [2.75, 3.05) is 26.8 Å². The molecule has 1 aliphatic rings. The fourth-order valence-electron chi connectivity index (χ4n) is 3.01. The molecule has 1 aromatic heterocycles. The van der Waals surface area contributed by atoms with Gasteiger partial charge in [0.25, 0.3) is 0 Å². The number of nitrogens with one attached hydrogen (secondary N) is 1. The zero-order valence-electron chi connectivity index (χ0n) is 12.5. The predicted molar refractivity (Wildman–Crippen MR) is 76.6 cm³/mol. The smallest absolute Gasteiger partial charge is 0.132 e. The normalized spacial score (nSPS) is 18.5. The van der Waals surface area contributed by atoms with Gasteiger partial charge in [-0.3, -0.25) is 0 Å². The third-order valence-electron chi connectivity index (χ3n) is 3.93. The number of hydrogen-bond acceptors (Lipinski definition) is 4. The maximum Gasteiger partial charge on any atom is 0.132 e. The van der Waals surface area contributed by atoms with E-state index in [-0.39, 0.29) is 0 Å². The van der Waals surface area contributed by atoms with E-state index in [9.17, 15) is 0 Å². The van der Waals surface area contributed by atoms with Crippen LogP contribution in [-0.2, 0) is 4.74 Å². The van der Waals surface area contributed by atoms with E-state index in [2.05, 4.69) is 26.1 Å². The quantitative estimate of drug-likeness (QED) is 0.905. The fourth-order valence-corrected chi connectivity index (χ4v) is 3.01. The van der Waals surface area contributed by atoms with E-state index in [1.165, 1.54) is 5.56 Å². The van der Waals surface area contributed by atoms with Crippen molar-refractivity contribution in [3.63, 3.8) is 0 Å². The lowest BCUT2D eigenvalue weighted by Gasteiger charge is -2.23. The Kier molecular flexibility index (Phi) is 4.88. The standard InChI is InChI=1S/C15H25N3O/c1-10(9-16-4)14-11(2)17-15(18-12(14)3)13-5-7-19-8-6-13/h10,13,16H,5-9H2,1-4H3. The molecule has 1 aromatic rings. The number of nitrogens with zero attached hydrogens (tertiary/aromatic N) is 2. The Bertz CT molecular complexity index is 404. The first-order chi connectivity index (χ1) is 9.13. The molecule has 0 saturated carbocycles. The molecule has 1 fully saturated rings. The summed E-state index contributed by atoms with van der Waals surface area (Å²) >= 11 is 0. The van der Waals surface area contributed by atoms with Gasteiger partial charge < -0.3 is 10.1 Å². The molecule has 4 heteroatoms. The van der Waals surface area contributed by atoms with E-state index in [1.54, 1.807) is 0 Å². The minimum absolute atomic E-state index is 0.453. The number of aryl methyl sites for hydroxylation is 2. The number of ether oxygens (including phenoxy) is 1. The summed E-state index contributed by atoms with van der Waals surface area (Å²) in [6.45, 7) is 9.08. The van der Waals surface area contributed by atoms with Crippen LogP contribution in [0.15, 0.2) is 0 Å². The van der Waals surface area contributed by atoms with Gasteiger partial charge in [0.2, 0.25) is 0 Å². The van der Waals surface area contributed by atoms with Crippen molar-refractivity contribution in [2.45, 2.75) is 45.4 Å². The Hall–Kier alpha value is -1.00. The first-order valence-electron chi connectivity index (χ1n) is 7.20. The molecular formula is C15H25N3O. The minimum Gasteiger partial charge on any atom is -0.381 e. The Morgan fingerprint density at radius 2 is 1.79 bits per heavy atom. The molecule has 4 nitrogen and oxygen atoms in total. The van der Waals surface area contributed by atoms with Crippen LogP contribution in [0.25, 0.3) is 0 Å². The lowest BCUT2D eigenvalue weighted by Crippen LogP contribution is -2.20. The summed E-state index contributed by atoms with van der Waals surface area (Å²) in [4.78, 5) is 9.53. The van der Waals surface area contributed by atoms with Gasteiger partial charge in [-0.1, -0.05) is 6.92 Å². The van der Waals surface area contributed by atoms with Gasteiger partial charge in [-0.2, -0.15) is 0 Å². The van der Waals surface area contributed by atoms with Crippen LogP contribution < -0.4 is 5.32 Å². The first-order valence-corrected chi connectivity index (χ1v) is 7.20. The Morgan fingerprint density at radius 1 is 1.21 bits per heavy atom. The zero-order chi connectivity index (χ0) is 13.8. The van der Waals surface area contributed by atoms with Gasteiger partial charge in [-0.15, -0.1) is 0 Å². The van der Waals surface area contributed by atoms with Crippen molar-refractivity contribution in [3.05, 3.63) is 22.8 Å². The van der Waals surface area contributed by atoms with Crippen molar-refractivity contribution in [1.82, 2.24) is 15.3 Å². The van der Waals surface area contributed by atoms with Crippen LogP contribution in [0.4, 0.5) is 0 Å². The number of likely N-dealkylation sites (N-methyl/N-ethyl adjacent to an activating group) is 1. The molecule has 1 N–H and O–H groups in total. The highest BCUT2D eigenvalue weighted by atomic mass is 16.5. The summed E-state index contributed by atoms with van der Waals surface area (Å²) in [6.07, 6.45) is 2.09. The molecule has 0 radical (unpaired) electrons. The summed E-state index contributed by atoms with van der Waals surface area (Å²) in [7, 11) is 1.98. The van der Waals surface area contributed by atoms with Gasteiger partial charge in [0.15, 0.2) is 0 Å². The Morgan fingerprint density at radius 3 is 2.32 bits per heavy atom. The second-order valence-corrected chi connectivity index (χ2v) is 5.51. The van der Waals surface area contributed by atoms with E-state index < -0.39 is 0 Å². The number of hydrogen-bond donors (Lipinski definition) is 1. The van der Waals surface area contributed by atoms with Crippen molar-refractivity contribution >= 4 is 0 Å². The molecule has 2 heterocycles. The van der Waals surface area contributed by atoms with E-state index in [4.69, 9.17) is 14.7 Å². The molecule has 0 aromatic carbocycles. The molecule has 106 valence electrons. The zero-order valence-corrected chi connectivity index (χ0v) is 12.5. The largest absolute Gasteiger partial charge is 0.381 e. The van der Waals surface area contributed by atoms with Crippen LogP contribution in [-0.4, -0.2) is 36.8 Å². The maximum atomic E-state index is 5.41. The van der Waals surface area contributed by atoms with Gasteiger partial charge in [0.1, 0.15) is 5.82 Å². The van der Waals surface area contributed by atoms with Gasteiger partial charge >= 0.3 is 0 Å². The topological polar surface area (TPSA) is 47.0 Å². The second kappa shape index (κ2) is 6.44. The van der Waals surface area contributed by atoms with Gasteiger partial charge in [-0.25, -0.2) is 9.97 Å². The van der Waals surface area contributed by atoms with Crippen LogP contribution in [0.2, 0.25) is 0 Å². The maximum absolute atomic E-state index is 5.41. The van der Waals surface area contributed by atoms with E-state index in [0.717, 1.165) is 49.8 Å². The van der Waals surface area contributed by atoms with Gasteiger partial charge in [0.05, 0.1) is 0 Å². The SMILES string of the molecule is CNCC(C)c1c(C)nc(C2CCOCC2)nc1C. The predicted octanol–water partition coefficient (Wildman–Crippen LogP) is 2.31. The van der Waals surface area contributed by atoms with Crippen molar-refractivity contribution in [1.29, 1.82) is 0 Å². The summed E-state index contributed by atoms with van der Waals surface area (Å²) in [6, 6.07) is 0. The van der Waals surface area contributed by atoms with Gasteiger partial charge in [0, 0.05) is 37.1 Å². The highest BCUT2D eigenvalue weighted by Gasteiger charge is 2.21. The number of aromatic nitrogens is 2. The molecule has 19 heavy (non-hydrogen) atoms. The van der Waals surface area contributed by atoms with Crippen molar-refractivity contribution in [2.24, 2.45) is 0 Å². The summed E-state index contributed by atoms with van der Waals surface area (Å²) in [5, 5.41) is 3.23. The summed E-state index contributed by atoms with van der Waals surface area (Å²) in [5.74, 6) is 1.94. The Labute approximate surface area is 116 Å². The Balaban J connectivity index is 2.25. The average molecular weight is 263 g/mol. The summed E-state index contributed by atoms with van der Waals surface area (Å²) < 4.78 is 5.41. The van der Waals surface area contributed by atoms with Crippen LogP contribution in [0, 0.1) is 13.8 Å². The molecule has 1 aliphatic heterocycles. The lowest BCUT2D eigenvalue weighted by atomic mass is 9.95. The van der Waals surface area contributed by atoms with Crippen LogP contribution in [0.3, 0.4) is 0 Å². The van der Waals surface area contributed by atoms with Crippen molar-refractivity contribution in [3.8, 4) is 0 Å². The van der Waals surface area contributed by atoms with E-state index in [0.29, 0.717) is 11.8 Å². The summed E-state index contributed by atoms with van der Waals surface area (Å²) in [5.41, 5.74) is 3.57. The highest BCUT2D eigenvalue weighted by molar-refractivity contribution is 5.29. The number of rotatable bonds is 4. The molecule has 0 spiro atoms. The minimum atomic E-state index is 0.453. The van der Waals surface area contributed by atoms with Crippen LogP contribution >= 0.6 is 0 Å². The van der Waals surface area contributed by atoms with E-state index in [1.807, 2.05) is 7.05 Å².